The van der Waals surface area contributed by atoms with Crippen LogP contribution in [0, 0.1) is 0 Å². The highest BCUT2D eigenvalue weighted by Gasteiger charge is 2.31. The predicted octanol–water partition coefficient (Wildman–Crippen LogP) is 0.739. The van der Waals surface area contributed by atoms with Crippen LogP contribution in [0.3, 0.4) is 0 Å². The number of anilines is 3. The molecule has 2 aromatic heterocycles. The highest BCUT2D eigenvalue weighted by molar-refractivity contribution is 6.07. The molecule has 3 N–H and O–H groups in total. The van der Waals surface area contributed by atoms with E-state index in [4.69, 9.17) is 19.9 Å². The number of ether oxygens (including phenoxy) is 3. The fraction of sp³-hybridized carbons (Fsp3) is 0.444. The summed E-state index contributed by atoms with van der Waals surface area (Å²) in [6.07, 6.45) is 2.17. The van der Waals surface area contributed by atoms with Crippen molar-refractivity contribution in [2.45, 2.75) is 12.5 Å². The van der Waals surface area contributed by atoms with Gasteiger partial charge in [-0.25, -0.2) is 9.97 Å². The quantitative estimate of drug-likeness (QED) is 0.673. The van der Waals surface area contributed by atoms with Gasteiger partial charge in [-0.3, -0.25) is 4.79 Å². The van der Waals surface area contributed by atoms with E-state index < -0.39 is 0 Å². The molecule has 0 fully saturated rings. The Morgan fingerprint density at radius 3 is 2.57 bits per heavy atom. The van der Waals surface area contributed by atoms with Crippen molar-refractivity contribution in [3.8, 4) is 5.88 Å². The van der Waals surface area contributed by atoms with Crippen molar-refractivity contribution in [1.82, 2.24) is 15.0 Å². The average Bonchev–Trinajstić information content (AvgIpc) is 2.69. The van der Waals surface area contributed by atoms with Gasteiger partial charge in [0.1, 0.15) is 11.5 Å². The van der Waals surface area contributed by atoms with Gasteiger partial charge in [-0.15, -0.1) is 0 Å². The molecule has 0 unspecified atom stereocenters. The Bertz CT molecular complexity index is 824. The number of fused-ring (bicyclic) bond motifs is 1. The van der Waals surface area contributed by atoms with Crippen LogP contribution in [0.2, 0.25) is 0 Å². The molecule has 0 radical (unpaired) electrons. The molecular formula is C18H24N6O4. The predicted molar refractivity (Wildman–Crippen MR) is 104 cm³/mol. The zero-order chi connectivity index (χ0) is 20.1. The number of amides is 1. The molecule has 1 amide bonds. The van der Waals surface area contributed by atoms with E-state index in [9.17, 15) is 4.79 Å². The normalized spacial score (nSPS) is 13.6. The number of carbonyl (C=O) groups is 1. The summed E-state index contributed by atoms with van der Waals surface area (Å²) < 4.78 is 15.5. The highest BCUT2D eigenvalue weighted by atomic mass is 16.5. The van der Waals surface area contributed by atoms with E-state index in [1.807, 2.05) is 0 Å². The fourth-order valence-electron chi connectivity index (χ4n) is 3.11. The molecule has 0 spiro atoms. The first-order valence-electron chi connectivity index (χ1n) is 8.80. The van der Waals surface area contributed by atoms with Gasteiger partial charge in [0.15, 0.2) is 0 Å². The summed E-state index contributed by atoms with van der Waals surface area (Å²) in [6.45, 7) is 1.31. The molecule has 0 saturated heterocycles. The Balaban J connectivity index is 1.89. The van der Waals surface area contributed by atoms with Gasteiger partial charge in [0, 0.05) is 32.4 Å². The van der Waals surface area contributed by atoms with Crippen molar-refractivity contribution >= 4 is 23.4 Å². The highest BCUT2D eigenvalue weighted by Crippen LogP contribution is 2.28. The number of nitrogens with zero attached hydrogens (tertiary/aromatic N) is 4. The molecule has 0 atom stereocenters. The van der Waals surface area contributed by atoms with Gasteiger partial charge in [-0.2, -0.15) is 4.98 Å². The number of nitrogens with one attached hydrogen (secondary N) is 1. The smallest absolute Gasteiger partial charge is 0.277 e. The fourth-order valence-corrected chi connectivity index (χ4v) is 3.11. The third-order valence-corrected chi connectivity index (χ3v) is 4.38. The van der Waals surface area contributed by atoms with E-state index in [2.05, 4.69) is 20.3 Å². The Hall–Kier alpha value is -2.98. The first-order valence-corrected chi connectivity index (χ1v) is 8.80. The molecule has 2 aromatic rings. The molecule has 1 aliphatic rings. The standard InChI is InChI=1S/C18H24N6O4/c1-26-9-11(10-27-2)21-16-13-6-7-24(12-4-5-14(28-3)20-8-12)17(25)15(13)22-18(19)23-16/h4-5,8,11H,6-7,9-10H2,1-3H3,(H3,19,21,22,23). The van der Waals surface area contributed by atoms with Crippen LogP contribution >= 0.6 is 0 Å². The van der Waals surface area contributed by atoms with Crippen LogP contribution < -0.4 is 20.7 Å². The van der Waals surface area contributed by atoms with Gasteiger partial charge < -0.3 is 30.2 Å². The molecule has 28 heavy (non-hydrogen) atoms. The van der Waals surface area contributed by atoms with Crippen LogP contribution in [0.4, 0.5) is 17.5 Å². The van der Waals surface area contributed by atoms with E-state index in [1.165, 1.54) is 0 Å². The SMILES string of the molecule is COCC(COC)Nc1nc(N)nc2c1CCN(c1ccc(OC)nc1)C2=O. The molecule has 0 aromatic carbocycles. The Morgan fingerprint density at radius 1 is 1.21 bits per heavy atom. The third-order valence-electron chi connectivity index (χ3n) is 4.38. The van der Waals surface area contributed by atoms with E-state index in [0.717, 1.165) is 5.56 Å². The second-order valence-corrected chi connectivity index (χ2v) is 6.28. The van der Waals surface area contributed by atoms with Crippen LogP contribution in [-0.4, -0.2) is 68.0 Å². The number of hydrogen-bond acceptors (Lipinski definition) is 9. The van der Waals surface area contributed by atoms with Gasteiger partial charge in [-0.1, -0.05) is 0 Å². The number of aromatic nitrogens is 3. The first-order chi connectivity index (χ1) is 13.6. The van der Waals surface area contributed by atoms with Crippen molar-refractivity contribution < 1.29 is 19.0 Å². The lowest BCUT2D eigenvalue weighted by atomic mass is 10.0. The van der Waals surface area contributed by atoms with Crippen LogP contribution in [0.25, 0.3) is 0 Å². The molecule has 0 saturated carbocycles. The van der Waals surface area contributed by atoms with Gasteiger partial charge in [0.05, 0.1) is 38.2 Å². The topological polar surface area (TPSA) is 125 Å². The zero-order valence-electron chi connectivity index (χ0n) is 16.1. The molecule has 10 nitrogen and oxygen atoms in total. The monoisotopic (exact) mass is 388 g/mol. The summed E-state index contributed by atoms with van der Waals surface area (Å²) in [5.74, 6) is 0.787. The maximum atomic E-state index is 13.1. The lowest BCUT2D eigenvalue weighted by Gasteiger charge is -2.29. The minimum absolute atomic E-state index is 0.0258. The van der Waals surface area contributed by atoms with Crippen molar-refractivity contribution in [2.75, 3.05) is 57.0 Å². The Kier molecular flexibility index (Phi) is 6.22. The van der Waals surface area contributed by atoms with Crippen molar-refractivity contribution in [1.29, 1.82) is 0 Å². The number of hydrogen-bond donors (Lipinski definition) is 2. The van der Waals surface area contributed by atoms with Crippen LogP contribution in [0.15, 0.2) is 18.3 Å². The van der Waals surface area contributed by atoms with Crippen LogP contribution in [-0.2, 0) is 15.9 Å². The Morgan fingerprint density at radius 2 is 1.96 bits per heavy atom. The van der Waals surface area contributed by atoms with Crippen LogP contribution in [0.5, 0.6) is 5.88 Å². The average molecular weight is 388 g/mol. The first kappa shape index (κ1) is 19.8. The third kappa shape index (κ3) is 4.12. The van der Waals surface area contributed by atoms with Gasteiger partial charge in [0.2, 0.25) is 11.8 Å². The van der Waals surface area contributed by atoms with Crippen molar-refractivity contribution in [3.63, 3.8) is 0 Å². The van der Waals surface area contributed by atoms with E-state index in [0.29, 0.717) is 43.6 Å². The second-order valence-electron chi connectivity index (χ2n) is 6.28. The number of rotatable bonds is 8. The summed E-state index contributed by atoms with van der Waals surface area (Å²) in [6, 6.07) is 3.36. The summed E-state index contributed by atoms with van der Waals surface area (Å²) in [7, 11) is 4.76. The summed E-state index contributed by atoms with van der Waals surface area (Å²) >= 11 is 0. The lowest BCUT2D eigenvalue weighted by Crippen LogP contribution is -2.40. The number of methoxy groups -OCH3 is 3. The summed E-state index contributed by atoms with van der Waals surface area (Å²) in [5, 5.41) is 3.26. The van der Waals surface area contributed by atoms with Gasteiger partial charge in [0.25, 0.3) is 5.91 Å². The number of pyridine rings is 1. The lowest BCUT2D eigenvalue weighted by molar-refractivity contribution is 0.0975. The minimum atomic E-state index is -0.250. The van der Waals surface area contributed by atoms with E-state index in [-0.39, 0.29) is 23.6 Å². The number of carbonyl (C=O) groups excluding carboxylic acids is 1. The molecule has 150 valence electrons. The largest absolute Gasteiger partial charge is 0.481 e. The maximum Gasteiger partial charge on any atom is 0.277 e. The number of nitrogens with two attached hydrogens (primary N) is 1. The molecule has 1 aliphatic heterocycles. The zero-order valence-corrected chi connectivity index (χ0v) is 16.1. The minimum Gasteiger partial charge on any atom is -0.481 e. The van der Waals surface area contributed by atoms with E-state index in [1.54, 1.807) is 44.6 Å². The van der Waals surface area contributed by atoms with Gasteiger partial charge in [-0.05, 0) is 12.5 Å². The molecule has 3 rings (SSSR count). The molecule has 0 aliphatic carbocycles. The van der Waals surface area contributed by atoms with Gasteiger partial charge >= 0.3 is 0 Å². The molecular weight excluding hydrogens is 364 g/mol. The Labute approximate surface area is 163 Å². The van der Waals surface area contributed by atoms with E-state index >= 15 is 0 Å². The molecule has 3 heterocycles. The summed E-state index contributed by atoms with van der Waals surface area (Å²) in [4.78, 5) is 27.3. The second kappa shape index (κ2) is 8.81. The number of nitrogen functional groups attached to an aromatic ring is 1. The van der Waals surface area contributed by atoms with Crippen molar-refractivity contribution in [3.05, 3.63) is 29.6 Å². The summed E-state index contributed by atoms with van der Waals surface area (Å²) in [5.41, 5.74) is 7.55. The molecule has 10 heteroatoms. The van der Waals surface area contributed by atoms with Crippen molar-refractivity contribution in [2.24, 2.45) is 0 Å². The maximum absolute atomic E-state index is 13.1. The van der Waals surface area contributed by atoms with Crippen LogP contribution in [0.1, 0.15) is 16.1 Å². The molecule has 0 bridgehead atoms.